The molecule has 0 bridgehead atoms. The van der Waals surface area contributed by atoms with Crippen LogP contribution in [0.25, 0.3) is 0 Å². The molecular weight excluding hydrogens is 150 g/mol. The number of nitrogens with zero attached hydrogens (tertiary/aromatic N) is 2. The number of hydrogen-bond acceptors (Lipinski definition) is 4. The van der Waals surface area contributed by atoms with Crippen LogP contribution in [0.15, 0.2) is 16.2 Å². The first kappa shape index (κ1) is 7.27. The van der Waals surface area contributed by atoms with Crippen LogP contribution in [-0.4, -0.2) is 19.3 Å². The molecule has 0 aromatic heterocycles. The van der Waals surface area contributed by atoms with Crippen LogP contribution < -0.4 is 11.0 Å². The Bertz CT molecular complexity index is 178. The second-order valence-corrected chi connectivity index (χ2v) is 2.41. The van der Waals surface area contributed by atoms with E-state index in [0.717, 1.165) is 5.03 Å². The molecule has 55 valence electrons. The number of nitrogens with one attached hydrogen (secondary N) is 1. The summed E-state index contributed by atoms with van der Waals surface area (Å²) in [6, 6.07) is 0. The Kier molecular flexibility index (Phi) is 2.44. The number of ether oxygens (including phenoxy) is 1. The molecule has 0 unspecified atom stereocenters. The van der Waals surface area contributed by atoms with Gasteiger partial charge in [0.05, 0.1) is 12.1 Å². The van der Waals surface area contributed by atoms with Crippen molar-refractivity contribution in [1.82, 2.24) is 11.0 Å². The van der Waals surface area contributed by atoms with E-state index < -0.39 is 0 Å². The van der Waals surface area contributed by atoms with Crippen LogP contribution in [0.1, 0.15) is 0 Å². The highest BCUT2D eigenvalue weighted by atomic mass is 32.2. The highest BCUT2D eigenvalue weighted by molar-refractivity contribution is 8.02. The Morgan fingerprint density at radius 1 is 1.70 bits per heavy atom. The van der Waals surface area contributed by atoms with Crippen molar-refractivity contribution in [3.63, 3.8) is 0 Å². The molecule has 5 heteroatoms. The number of methoxy groups -OCH3 is 1. The van der Waals surface area contributed by atoms with E-state index in [1.165, 1.54) is 0 Å². The lowest BCUT2D eigenvalue weighted by atomic mass is 10.6. The predicted octanol–water partition coefficient (Wildman–Crippen LogP) is 0.273. The van der Waals surface area contributed by atoms with Crippen LogP contribution in [0.3, 0.4) is 0 Å². The highest BCUT2D eigenvalue weighted by Gasteiger charge is 2.04. The zero-order chi connectivity index (χ0) is 7.40. The summed E-state index contributed by atoms with van der Waals surface area (Å²) in [7, 11) is 1.56. The topological polar surface area (TPSA) is 47.7 Å². The normalized spacial score (nSPS) is 16.2. The van der Waals surface area contributed by atoms with Gasteiger partial charge in [0.1, 0.15) is 0 Å². The predicted molar refractivity (Wildman–Crippen MR) is 41.3 cm³/mol. The summed E-state index contributed by atoms with van der Waals surface area (Å²) in [6.45, 7) is 0. The quantitative estimate of drug-likeness (QED) is 0.596. The molecule has 0 aliphatic carbocycles. The van der Waals surface area contributed by atoms with Crippen molar-refractivity contribution in [3.8, 4) is 0 Å². The van der Waals surface area contributed by atoms with Gasteiger partial charge in [0, 0.05) is 6.08 Å². The van der Waals surface area contributed by atoms with Crippen LogP contribution in [0.2, 0.25) is 0 Å². The first-order chi connectivity index (χ1) is 4.86. The zero-order valence-electron chi connectivity index (χ0n) is 5.79. The summed E-state index contributed by atoms with van der Waals surface area (Å²) >= 11 is 1.56. The molecule has 4 nitrogen and oxygen atoms in total. The molecule has 0 saturated heterocycles. The molecular formula is C5H8N3OS. The smallest absolute Gasteiger partial charge is 0.237 e. The lowest BCUT2D eigenvalue weighted by Crippen LogP contribution is -2.24. The molecule has 1 rings (SSSR count). The van der Waals surface area contributed by atoms with E-state index in [1.54, 1.807) is 24.9 Å². The summed E-state index contributed by atoms with van der Waals surface area (Å²) in [5.74, 6) is 0.531. The van der Waals surface area contributed by atoms with Gasteiger partial charge < -0.3 is 4.74 Å². The van der Waals surface area contributed by atoms with Crippen molar-refractivity contribution >= 4 is 17.7 Å². The molecule has 0 saturated carbocycles. The van der Waals surface area contributed by atoms with Gasteiger partial charge in [0.25, 0.3) is 0 Å². The van der Waals surface area contributed by atoms with Crippen molar-refractivity contribution in [3.05, 3.63) is 11.1 Å². The van der Waals surface area contributed by atoms with Gasteiger partial charge in [0.2, 0.25) is 5.90 Å². The van der Waals surface area contributed by atoms with Gasteiger partial charge in [0.15, 0.2) is 0 Å². The van der Waals surface area contributed by atoms with E-state index in [9.17, 15) is 0 Å². The summed E-state index contributed by atoms with van der Waals surface area (Å²) in [5, 5.41) is 4.60. The Labute approximate surface area is 63.7 Å². The largest absolute Gasteiger partial charge is 0.480 e. The van der Waals surface area contributed by atoms with Crippen LogP contribution >= 0.6 is 11.8 Å². The maximum absolute atomic E-state index is 4.85. The van der Waals surface area contributed by atoms with Crippen LogP contribution in [0.4, 0.5) is 0 Å². The maximum Gasteiger partial charge on any atom is 0.237 e. The van der Waals surface area contributed by atoms with E-state index >= 15 is 0 Å². The van der Waals surface area contributed by atoms with E-state index in [2.05, 4.69) is 16.1 Å². The van der Waals surface area contributed by atoms with Gasteiger partial charge in [-0.25, -0.2) is 0 Å². The van der Waals surface area contributed by atoms with Crippen molar-refractivity contribution in [2.45, 2.75) is 0 Å². The minimum Gasteiger partial charge on any atom is -0.480 e. The fraction of sp³-hybridized carbons (Fsp3) is 0.400. The Hall–Kier alpha value is -0.840. The minimum absolute atomic E-state index is 0.531. The summed E-state index contributed by atoms with van der Waals surface area (Å²) in [5.41, 5.74) is 6.32. The van der Waals surface area contributed by atoms with Gasteiger partial charge in [-0.2, -0.15) is 0 Å². The molecule has 1 radical (unpaired) electrons. The zero-order valence-corrected chi connectivity index (χ0v) is 6.60. The van der Waals surface area contributed by atoms with Crippen molar-refractivity contribution in [1.29, 1.82) is 0 Å². The van der Waals surface area contributed by atoms with Gasteiger partial charge in [-0.3, -0.25) is 5.43 Å². The maximum atomic E-state index is 4.85. The third-order valence-corrected chi connectivity index (χ3v) is 1.64. The average Bonchev–Trinajstić information content (AvgIpc) is 2.05. The lowest BCUT2D eigenvalue weighted by Gasteiger charge is -2.09. The molecule has 0 amide bonds. The lowest BCUT2D eigenvalue weighted by molar-refractivity contribution is 0.393. The van der Waals surface area contributed by atoms with Crippen molar-refractivity contribution in [2.75, 3.05) is 13.4 Å². The van der Waals surface area contributed by atoms with Crippen LogP contribution in [0.5, 0.6) is 0 Å². The van der Waals surface area contributed by atoms with Gasteiger partial charge in [-0.15, -0.1) is 11.8 Å². The van der Waals surface area contributed by atoms with Gasteiger partial charge in [-0.05, 0) is 6.26 Å². The first-order valence-electron chi connectivity index (χ1n) is 2.70. The summed E-state index contributed by atoms with van der Waals surface area (Å²) in [4.78, 5) is 0. The third kappa shape index (κ3) is 1.57. The van der Waals surface area contributed by atoms with E-state index in [0.29, 0.717) is 5.90 Å². The molecule has 0 atom stereocenters. The number of thioether (sulfide) groups is 1. The first-order valence-corrected chi connectivity index (χ1v) is 3.92. The fourth-order valence-corrected chi connectivity index (χ4v) is 0.852. The second kappa shape index (κ2) is 3.36. The Morgan fingerprint density at radius 2 is 2.50 bits per heavy atom. The van der Waals surface area contributed by atoms with E-state index in [-0.39, 0.29) is 0 Å². The average molecular weight is 158 g/mol. The van der Waals surface area contributed by atoms with E-state index in [4.69, 9.17) is 4.74 Å². The van der Waals surface area contributed by atoms with Crippen molar-refractivity contribution < 1.29 is 4.74 Å². The van der Waals surface area contributed by atoms with Gasteiger partial charge in [-0.1, -0.05) is 10.6 Å². The molecule has 1 heterocycles. The van der Waals surface area contributed by atoms with E-state index in [1.807, 2.05) is 6.26 Å². The molecule has 0 fully saturated rings. The molecule has 10 heavy (non-hydrogen) atoms. The molecule has 0 spiro atoms. The summed E-state index contributed by atoms with van der Waals surface area (Å²) in [6.07, 6.45) is 3.74. The van der Waals surface area contributed by atoms with Gasteiger partial charge >= 0.3 is 0 Å². The minimum atomic E-state index is 0.531. The molecule has 0 aromatic carbocycles. The molecule has 1 N–H and O–H groups in total. The molecule has 1 aliphatic rings. The monoisotopic (exact) mass is 158 g/mol. The summed E-state index contributed by atoms with van der Waals surface area (Å²) < 4.78 is 4.85. The Balaban J connectivity index is 2.61. The standard InChI is InChI=1S/C5H8N3OS/c1-9-4-3-5(10-2)7-8-6-4/h3,7H,1-2H3. The Morgan fingerprint density at radius 3 is 3.10 bits per heavy atom. The SMILES string of the molecule is COC1=N[N]NC(SC)=C1. The molecule has 0 aromatic rings. The van der Waals surface area contributed by atoms with Crippen LogP contribution in [0, 0.1) is 0 Å². The van der Waals surface area contributed by atoms with Crippen LogP contribution in [-0.2, 0) is 4.74 Å². The molecule has 1 aliphatic heterocycles. The number of rotatable bonds is 1. The number of hydrogen-bond donors (Lipinski definition) is 1. The highest BCUT2D eigenvalue weighted by Crippen LogP contribution is 2.08. The fourth-order valence-electron chi connectivity index (χ4n) is 0.501. The second-order valence-electron chi connectivity index (χ2n) is 1.57. The third-order valence-electron chi connectivity index (χ3n) is 0.992. The van der Waals surface area contributed by atoms with Crippen molar-refractivity contribution in [2.24, 2.45) is 5.10 Å².